The molecule has 0 atom stereocenters. The normalized spacial score (nSPS) is 11.8. The number of halogens is 1. The highest BCUT2D eigenvalue weighted by Crippen LogP contribution is 2.28. The van der Waals surface area contributed by atoms with E-state index in [4.69, 9.17) is 21.1 Å². The number of esters is 1. The molecule has 0 radical (unpaired) electrons. The minimum Gasteiger partial charge on any atom is -0.482 e. The van der Waals surface area contributed by atoms with Gasteiger partial charge in [-0.15, -0.1) is 0 Å². The van der Waals surface area contributed by atoms with E-state index in [1.807, 2.05) is 6.92 Å². The summed E-state index contributed by atoms with van der Waals surface area (Å²) in [6.45, 7) is 8.22. The molecule has 0 aliphatic carbocycles. The summed E-state index contributed by atoms with van der Waals surface area (Å²) >= 11 is 6.26. The van der Waals surface area contributed by atoms with Gasteiger partial charge in [-0.3, -0.25) is 9.10 Å². The van der Waals surface area contributed by atoms with E-state index in [0.717, 1.165) is 15.4 Å². The molecule has 0 spiro atoms. The number of amides is 1. The van der Waals surface area contributed by atoms with Crippen molar-refractivity contribution in [3.63, 3.8) is 0 Å². The fourth-order valence-corrected chi connectivity index (χ4v) is 4.98. The third kappa shape index (κ3) is 8.82. The van der Waals surface area contributed by atoms with Gasteiger partial charge >= 0.3 is 5.97 Å². The molecule has 3 aromatic rings. The van der Waals surface area contributed by atoms with Crippen LogP contribution < -0.4 is 14.5 Å². The number of hydrogen-bond donors (Lipinski definition) is 1. The van der Waals surface area contributed by atoms with Gasteiger partial charge in [0.25, 0.3) is 15.9 Å². The molecule has 9 nitrogen and oxygen atoms in total. The molecular formula is C29H32ClN3O6S. The maximum absolute atomic E-state index is 13.5. The van der Waals surface area contributed by atoms with Crippen molar-refractivity contribution >= 4 is 45.4 Å². The molecule has 0 unspecified atom stereocenters. The number of aryl methyl sites for hydroxylation is 2. The zero-order chi connectivity index (χ0) is 29.5. The van der Waals surface area contributed by atoms with E-state index < -0.39 is 34.0 Å². The van der Waals surface area contributed by atoms with Crippen molar-refractivity contribution in [3.8, 4) is 5.75 Å². The highest BCUT2D eigenvalue weighted by Gasteiger charge is 2.27. The first kappa shape index (κ1) is 30.6. The molecule has 0 saturated carbocycles. The van der Waals surface area contributed by atoms with Crippen LogP contribution in [0.15, 0.2) is 76.7 Å². The molecule has 0 aliphatic heterocycles. The van der Waals surface area contributed by atoms with E-state index >= 15 is 0 Å². The van der Waals surface area contributed by atoms with Crippen LogP contribution >= 0.6 is 11.6 Å². The standard InChI is InChI=1S/C29H32ClN3O6S/c1-20-6-14-25(15-7-20)40(36,37)33(23-11-8-21(2)26(30)16-23)18-27(34)32-31-17-22-9-12-24(13-10-22)38-19-28(35)39-29(3,4)5/h6-17H,18-19H2,1-5H3,(H,32,34)/b31-17-. The summed E-state index contributed by atoms with van der Waals surface area (Å²) in [4.78, 5) is 24.6. The number of carbonyl (C=O) groups excluding carboxylic acids is 2. The second-order valence-corrected chi connectivity index (χ2v) is 12.3. The second-order valence-electron chi connectivity index (χ2n) is 10.00. The average Bonchev–Trinajstić information content (AvgIpc) is 2.88. The summed E-state index contributed by atoms with van der Waals surface area (Å²) in [5, 5.41) is 4.32. The predicted octanol–water partition coefficient (Wildman–Crippen LogP) is 5.02. The van der Waals surface area contributed by atoms with Crippen molar-refractivity contribution in [3.05, 3.63) is 88.4 Å². The Morgan fingerprint density at radius 1 is 1.00 bits per heavy atom. The zero-order valence-corrected chi connectivity index (χ0v) is 24.5. The number of hydrogen-bond acceptors (Lipinski definition) is 7. The molecule has 3 aromatic carbocycles. The Bertz CT molecular complexity index is 1480. The number of ether oxygens (including phenoxy) is 2. The smallest absolute Gasteiger partial charge is 0.344 e. The Hall–Kier alpha value is -3.89. The van der Waals surface area contributed by atoms with E-state index in [9.17, 15) is 18.0 Å². The molecule has 0 heterocycles. The molecule has 0 fully saturated rings. The maximum Gasteiger partial charge on any atom is 0.344 e. The lowest BCUT2D eigenvalue weighted by atomic mass is 10.2. The van der Waals surface area contributed by atoms with E-state index in [2.05, 4.69) is 10.5 Å². The van der Waals surface area contributed by atoms with E-state index in [0.29, 0.717) is 16.3 Å². The molecule has 1 N–H and O–H groups in total. The number of rotatable bonds is 10. The summed E-state index contributed by atoms with van der Waals surface area (Å²) < 4.78 is 38.6. The van der Waals surface area contributed by atoms with Crippen LogP contribution in [0.25, 0.3) is 0 Å². The topological polar surface area (TPSA) is 114 Å². The molecule has 11 heteroatoms. The Morgan fingerprint density at radius 3 is 2.25 bits per heavy atom. The Balaban J connectivity index is 1.67. The van der Waals surface area contributed by atoms with Gasteiger partial charge in [-0.05, 0) is 94.3 Å². The Kier molecular flexibility index (Phi) is 9.94. The molecular weight excluding hydrogens is 554 g/mol. The third-order valence-corrected chi connectivity index (χ3v) is 7.59. The fraction of sp³-hybridized carbons (Fsp3) is 0.276. The lowest BCUT2D eigenvalue weighted by molar-refractivity contribution is -0.157. The number of benzene rings is 3. The van der Waals surface area contributed by atoms with Crippen LogP contribution in [0, 0.1) is 13.8 Å². The third-order valence-electron chi connectivity index (χ3n) is 5.40. The first-order valence-electron chi connectivity index (χ1n) is 12.4. The van der Waals surface area contributed by atoms with Crippen molar-refractivity contribution < 1.29 is 27.5 Å². The largest absolute Gasteiger partial charge is 0.482 e. The van der Waals surface area contributed by atoms with Gasteiger partial charge in [0, 0.05) is 5.02 Å². The molecule has 1 amide bonds. The lowest BCUT2D eigenvalue weighted by Crippen LogP contribution is -2.39. The first-order chi connectivity index (χ1) is 18.7. The van der Waals surface area contributed by atoms with Gasteiger partial charge in [0.2, 0.25) is 0 Å². The molecule has 0 saturated heterocycles. The van der Waals surface area contributed by atoms with Gasteiger partial charge in [-0.25, -0.2) is 18.6 Å². The first-order valence-corrected chi connectivity index (χ1v) is 14.2. The van der Waals surface area contributed by atoms with Crippen LogP contribution in [0.4, 0.5) is 5.69 Å². The van der Waals surface area contributed by atoms with Crippen LogP contribution in [0.2, 0.25) is 5.02 Å². The summed E-state index contributed by atoms with van der Waals surface area (Å²) in [7, 11) is -4.08. The SMILES string of the molecule is Cc1ccc(S(=O)(=O)N(CC(=O)N/N=C\c2ccc(OCC(=O)OC(C)(C)C)cc2)c2ccc(C)c(Cl)c2)cc1. The number of nitrogens with zero attached hydrogens (tertiary/aromatic N) is 2. The molecule has 0 aromatic heterocycles. The van der Waals surface area contributed by atoms with E-state index in [-0.39, 0.29) is 17.2 Å². The monoisotopic (exact) mass is 585 g/mol. The summed E-state index contributed by atoms with van der Waals surface area (Å²) in [6, 6.07) is 17.8. The highest BCUT2D eigenvalue weighted by atomic mass is 35.5. The van der Waals surface area contributed by atoms with Crippen LogP contribution in [0.5, 0.6) is 5.75 Å². The number of sulfonamides is 1. The van der Waals surface area contributed by atoms with Crippen molar-refractivity contribution in [1.82, 2.24) is 5.43 Å². The molecule has 3 rings (SSSR count). The quantitative estimate of drug-likeness (QED) is 0.203. The fourth-order valence-electron chi connectivity index (χ4n) is 3.40. The minimum absolute atomic E-state index is 0.0417. The predicted molar refractivity (Wildman–Crippen MR) is 155 cm³/mol. The van der Waals surface area contributed by atoms with E-state index in [1.165, 1.54) is 24.4 Å². The highest BCUT2D eigenvalue weighted by molar-refractivity contribution is 7.92. The minimum atomic E-state index is -4.08. The van der Waals surface area contributed by atoms with Gasteiger partial charge in [-0.2, -0.15) is 5.10 Å². The van der Waals surface area contributed by atoms with Gasteiger partial charge in [0.05, 0.1) is 16.8 Å². The Labute approximate surface area is 239 Å². The summed E-state index contributed by atoms with van der Waals surface area (Å²) in [6.07, 6.45) is 1.40. The number of carbonyl (C=O) groups is 2. The zero-order valence-electron chi connectivity index (χ0n) is 23.0. The van der Waals surface area contributed by atoms with Crippen molar-refractivity contribution in [2.75, 3.05) is 17.5 Å². The molecule has 0 aliphatic rings. The molecule has 0 bridgehead atoms. The van der Waals surface area contributed by atoms with Crippen molar-refractivity contribution in [2.24, 2.45) is 5.10 Å². The van der Waals surface area contributed by atoms with Crippen molar-refractivity contribution in [1.29, 1.82) is 0 Å². The maximum atomic E-state index is 13.5. The second kappa shape index (κ2) is 13.0. The van der Waals surface area contributed by atoms with Gasteiger partial charge < -0.3 is 9.47 Å². The molecule has 40 heavy (non-hydrogen) atoms. The number of nitrogens with one attached hydrogen (secondary N) is 1. The average molecular weight is 586 g/mol. The van der Waals surface area contributed by atoms with Crippen LogP contribution in [-0.2, 0) is 24.3 Å². The van der Waals surface area contributed by atoms with Crippen LogP contribution in [0.3, 0.4) is 0 Å². The Morgan fingerprint density at radius 2 is 1.65 bits per heavy atom. The summed E-state index contributed by atoms with van der Waals surface area (Å²) in [5.74, 6) is -0.672. The van der Waals surface area contributed by atoms with Crippen LogP contribution in [-0.4, -0.2) is 45.3 Å². The number of hydrazone groups is 1. The van der Waals surface area contributed by atoms with Gasteiger partial charge in [-0.1, -0.05) is 35.4 Å². The number of anilines is 1. The van der Waals surface area contributed by atoms with Crippen molar-refractivity contribution in [2.45, 2.75) is 45.1 Å². The van der Waals surface area contributed by atoms with Crippen LogP contribution in [0.1, 0.15) is 37.5 Å². The van der Waals surface area contributed by atoms with Gasteiger partial charge in [0.15, 0.2) is 6.61 Å². The summed E-state index contributed by atoms with van der Waals surface area (Å²) in [5.41, 5.74) is 4.33. The molecule has 212 valence electrons. The lowest BCUT2D eigenvalue weighted by Gasteiger charge is -2.24. The van der Waals surface area contributed by atoms with E-state index in [1.54, 1.807) is 76.2 Å². The van der Waals surface area contributed by atoms with Gasteiger partial charge in [0.1, 0.15) is 17.9 Å².